The fourth-order valence-corrected chi connectivity index (χ4v) is 2.91. The van der Waals surface area contributed by atoms with Gasteiger partial charge in [-0.1, -0.05) is 60.7 Å². The Morgan fingerprint density at radius 2 is 1.54 bits per heavy atom. The summed E-state index contributed by atoms with van der Waals surface area (Å²) >= 11 is 0. The molecule has 122 valence electrons. The highest BCUT2D eigenvalue weighted by molar-refractivity contribution is 6.06. The maximum absolute atomic E-state index is 12.8. The van der Waals surface area contributed by atoms with E-state index >= 15 is 0 Å². The van der Waals surface area contributed by atoms with Crippen LogP contribution in [0.5, 0.6) is 0 Å². The van der Waals surface area contributed by atoms with Gasteiger partial charge in [-0.2, -0.15) is 0 Å². The van der Waals surface area contributed by atoms with Crippen LogP contribution >= 0.6 is 0 Å². The van der Waals surface area contributed by atoms with Crippen LogP contribution in [-0.4, -0.2) is 34.1 Å². The van der Waals surface area contributed by atoms with Gasteiger partial charge in [-0.15, -0.1) is 0 Å². The predicted molar refractivity (Wildman–Crippen MR) is 89.0 cm³/mol. The molecule has 5 heteroatoms. The number of urea groups is 1. The Morgan fingerprint density at radius 1 is 0.958 bits per heavy atom. The molecule has 0 bridgehead atoms. The molecule has 2 aromatic carbocycles. The van der Waals surface area contributed by atoms with E-state index in [0.29, 0.717) is 6.54 Å². The van der Waals surface area contributed by atoms with E-state index in [1.807, 2.05) is 60.7 Å². The third-order valence-electron chi connectivity index (χ3n) is 3.98. The molecule has 1 heterocycles. The number of imide groups is 1. The van der Waals surface area contributed by atoms with Crippen LogP contribution in [0.15, 0.2) is 60.7 Å². The van der Waals surface area contributed by atoms with Crippen LogP contribution in [0.25, 0.3) is 0 Å². The van der Waals surface area contributed by atoms with Gasteiger partial charge in [0.2, 0.25) is 0 Å². The molecule has 0 radical (unpaired) electrons. The van der Waals surface area contributed by atoms with E-state index in [2.05, 4.69) is 0 Å². The van der Waals surface area contributed by atoms with Crippen LogP contribution in [0, 0.1) is 0 Å². The van der Waals surface area contributed by atoms with E-state index in [9.17, 15) is 14.4 Å². The molecule has 0 spiro atoms. The fourth-order valence-electron chi connectivity index (χ4n) is 2.91. The Morgan fingerprint density at radius 3 is 2.12 bits per heavy atom. The molecular weight excluding hydrogens is 304 g/mol. The number of Topliss-reactive ketones (excluding diaryl/α,β-unsaturated/α-hetero) is 1. The number of hydrogen-bond donors (Lipinski definition) is 0. The van der Waals surface area contributed by atoms with E-state index in [4.69, 9.17) is 0 Å². The lowest BCUT2D eigenvalue weighted by Crippen LogP contribution is -2.36. The van der Waals surface area contributed by atoms with E-state index in [0.717, 1.165) is 16.0 Å². The second-order valence-corrected chi connectivity index (χ2v) is 5.84. The quantitative estimate of drug-likeness (QED) is 0.795. The first-order valence-corrected chi connectivity index (χ1v) is 7.78. The molecule has 1 aliphatic heterocycles. The van der Waals surface area contributed by atoms with Crippen LogP contribution in [0.1, 0.15) is 24.1 Å². The normalized spacial score (nSPS) is 17.5. The Kier molecular flexibility index (Phi) is 4.42. The number of amides is 3. The number of ketones is 1. The Labute approximate surface area is 140 Å². The van der Waals surface area contributed by atoms with Gasteiger partial charge >= 0.3 is 6.03 Å². The largest absolute Gasteiger partial charge is 0.328 e. The van der Waals surface area contributed by atoms with Gasteiger partial charge in [-0.25, -0.2) is 4.79 Å². The van der Waals surface area contributed by atoms with Crippen molar-refractivity contribution in [3.8, 4) is 0 Å². The first kappa shape index (κ1) is 15.9. The minimum absolute atomic E-state index is 0.188. The van der Waals surface area contributed by atoms with E-state index < -0.39 is 12.1 Å². The average molecular weight is 322 g/mol. The van der Waals surface area contributed by atoms with Gasteiger partial charge in [0.15, 0.2) is 0 Å². The van der Waals surface area contributed by atoms with Crippen molar-refractivity contribution in [3.63, 3.8) is 0 Å². The zero-order chi connectivity index (χ0) is 17.1. The molecule has 3 rings (SSSR count). The molecule has 1 fully saturated rings. The Balaban J connectivity index is 1.96. The van der Waals surface area contributed by atoms with Crippen LogP contribution in [0.4, 0.5) is 4.79 Å². The highest BCUT2D eigenvalue weighted by atomic mass is 16.2. The maximum atomic E-state index is 12.8. The minimum atomic E-state index is -0.696. The fraction of sp³-hybridized carbons (Fsp3) is 0.211. The van der Waals surface area contributed by atoms with Crippen molar-refractivity contribution in [2.24, 2.45) is 0 Å². The van der Waals surface area contributed by atoms with Gasteiger partial charge in [-0.3, -0.25) is 14.5 Å². The van der Waals surface area contributed by atoms with E-state index in [1.54, 1.807) is 0 Å². The number of nitrogens with zero attached hydrogens (tertiary/aromatic N) is 2. The van der Waals surface area contributed by atoms with Crippen molar-refractivity contribution < 1.29 is 14.4 Å². The molecule has 1 unspecified atom stereocenters. The van der Waals surface area contributed by atoms with Crippen molar-refractivity contribution in [2.45, 2.75) is 19.5 Å². The summed E-state index contributed by atoms with van der Waals surface area (Å²) in [5, 5.41) is 0. The summed E-state index contributed by atoms with van der Waals surface area (Å²) < 4.78 is 0. The SMILES string of the molecule is CC(=O)CN1C(=O)C(c2ccccc2)N(Cc2ccccc2)C1=O. The summed E-state index contributed by atoms with van der Waals surface area (Å²) in [4.78, 5) is 39.5. The zero-order valence-corrected chi connectivity index (χ0v) is 13.4. The van der Waals surface area contributed by atoms with Crippen LogP contribution in [0.2, 0.25) is 0 Å². The third-order valence-corrected chi connectivity index (χ3v) is 3.98. The molecular formula is C19H18N2O3. The molecule has 0 aromatic heterocycles. The summed E-state index contributed by atoms with van der Waals surface area (Å²) in [5.41, 5.74) is 1.68. The summed E-state index contributed by atoms with van der Waals surface area (Å²) in [6.07, 6.45) is 0. The van der Waals surface area contributed by atoms with Gasteiger partial charge in [0.1, 0.15) is 11.8 Å². The lowest BCUT2D eigenvalue weighted by Gasteiger charge is -2.22. The van der Waals surface area contributed by atoms with Crippen LogP contribution in [0.3, 0.4) is 0 Å². The number of carbonyl (C=O) groups excluding carboxylic acids is 3. The van der Waals surface area contributed by atoms with Gasteiger partial charge in [-0.05, 0) is 18.1 Å². The maximum Gasteiger partial charge on any atom is 0.328 e. The van der Waals surface area contributed by atoms with Crippen molar-refractivity contribution in [3.05, 3.63) is 71.8 Å². The van der Waals surface area contributed by atoms with E-state index in [-0.39, 0.29) is 18.2 Å². The second kappa shape index (κ2) is 6.66. The molecule has 24 heavy (non-hydrogen) atoms. The number of benzene rings is 2. The van der Waals surface area contributed by atoms with Crippen molar-refractivity contribution in [1.82, 2.24) is 9.80 Å². The molecule has 1 saturated heterocycles. The van der Waals surface area contributed by atoms with Gasteiger partial charge in [0.05, 0.1) is 6.54 Å². The summed E-state index contributed by atoms with van der Waals surface area (Å²) in [7, 11) is 0. The predicted octanol–water partition coefficient (Wildman–Crippen LogP) is 2.78. The van der Waals surface area contributed by atoms with Gasteiger partial charge in [0.25, 0.3) is 5.91 Å². The van der Waals surface area contributed by atoms with Gasteiger partial charge < -0.3 is 4.90 Å². The van der Waals surface area contributed by atoms with Crippen molar-refractivity contribution in [1.29, 1.82) is 0 Å². The molecule has 3 amide bonds. The lowest BCUT2D eigenvalue weighted by molar-refractivity contribution is -0.131. The Hall–Kier alpha value is -2.95. The number of carbonyl (C=O) groups is 3. The molecule has 1 aliphatic rings. The summed E-state index contributed by atoms with van der Waals surface area (Å²) in [5.74, 6) is -0.567. The highest BCUT2D eigenvalue weighted by Gasteiger charge is 2.45. The molecule has 2 aromatic rings. The standard InChI is InChI=1S/C19H18N2O3/c1-14(22)12-21-18(23)17(16-10-6-3-7-11-16)20(19(21)24)13-15-8-4-2-5-9-15/h2-11,17H,12-13H2,1H3. The molecule has 0 saturated carbocycles. The van der Waals surface area contributed by atoms with Crippen LogP contribution in [-0.2, 0) is 16.1 Å². The van der Waals surface area contributed by atoms with Crippen molar-refractivity contribution in [2.75, 3.05) is 6.54 Å². The first-order chi connectivity index (χ1) is 11.6. The minimum Gasteiger partial charge on any atom is -0.304 e. The zero-order valence-electron chi connectivity index (χ0n) is 13.4. The van der Waals surface area contributed by atoms with Gasteiger partial charge in [0, 0.05) is 6.54 Å². The van der Waals surface area contributed by atoms with Crippen molar-refractivity contribution >= 4 is 17.7 Å². The van der Waals surface area contributed by atoms with E-state index in [1.165, 1.54) is 11.8 Å². The number of hydrogen-bond acceptors (Lipinski definition) is 3. The third kappa shape index (κ3) is 3.06. The second-order valence-electron chi connectivity index (χ2n) is 5.84. The first-order valence-electron chi connectivity index (χ1n) is 7.78. The molecule has 5 nitrogen and oxygen atoms in total. The smallest absolute Gasteiger partial charge is 0.304 e. The average Bonchev–Trinajstić information content (AvgIpc) is 2.81. The molecule has 0 N–H and O–H groups in total. The summed E-state index contributed by atoms with van der Waals surface area (Å²) in [6.45, 7) is 1.50. The number of rotatable bonds is 5. The lowest BCUT2D eigenvalue weighted by atomic mass is 10.1. The van der Waals surface area contributed by atoms with Crippen LogP contribution < -0.4 is 0 Å². The molecule has 1 atom stereocenters. The topological polar surface area (TPSA) is 57.7 Å². The Bertz CT molecular complexity index is 759. The highest BCUT2D eigenvalue weighted by Crippen LogP contribution is 2.32. The monoisotopic (exact) mass is 322 g/mol. The molecule has 0 aliphatic carbocycles. The summed E-state index contributed by atoms with van der Waals surface area (Å²) in [6, 6.07) is 17.6.